The molecular formula is H4CoNiO4Zn. The van der Waals surface area contributed by atoms with Gasteiger partial charge in [-0.2, -0.15) is 0 Å². The molecule has 4 N–H and O–H groups in total. The van der Waals surface area contributed by atoms with Crippen LogP contribution < -0.4 is 0 Å². The van der Waals surface area contributed by atoms with Gasteiger partial charge in [-0.1, -0.05) is 0 Å². The maximum Gasteiger partial charge on any atom is 2.00 e. The van der Waals surface area contributed by atoms with Gasteiger partial charge in [-0.3, -0.25) is 0 Å². The molecule has 0 aromatic rings. The van der Waals surface area contributed by atoms with Crippen molar-refractivity contribution in [2.24, 2.45) is 0 Å². The van der Waals surface area contributed by atoms with Gasteiger partial charge < -0.3 is 16.4 Å². The van der Waals surface area contributed by atoms with E-state index in [2.05, 4.69) is 15.7 Å². The molecule has 0 aliphatic carbocycles. The monoisotopic (exact) mass is 249 g/mol. The molecule has 0 saturated heterocycles. The standard InChI is InChI=1S/Co.Ni.2H2O.2O.Zn/h;;2*1H2;;;/q;;;;;-2;+2. The molecule has 0 aromatic carbocycles. The molecule has 49 valence electrons. The average molecular weight is 251 g/mol. The molecule has 0 radical (unpaired) electrons. The zero-order valence-corrected chi connectivity index (χ0v) is 8.17. The van der Waals surface area contributed by atoms with Gasteiger partial charge in [0.2, 0.25) is 0 Å². The Bertz CT molecular complexity index is 11.7. The Hall–Kier alpha value is 1.30. The van der Waals surface area contributed by atoms with Crippen LogP contribution in [0.5, 0.6) is 0 Å². The van der Waals surface area contributed by atoms with Crippen LogP contribution in [0, 0.1) is 0 Å². The first-order chi connectivity index (χ1) is 1.00. The van der Waals surface area contributed by atoms with Crippen LogP contribution in [0.4, 0.5) is 0 Å². The van der Waals surface area contributed by atoms with E-state index in [1.807, 2.05) is 0 Å². The molecule has 0 unspecified atom stereocenters. The Morgan fingerprint density at radius 1 is 1.00 bits per heavy atom. The van der Waals surface area contributed by atoms with Crippen molar-refractivity contribution < 1.29 is 71.9 Å². The summed E-state index contributed by atoms with van der Waals surface area (Å²) in [6.07, 6.45) is 0. The summed E-state index contributed by atoms with van der Waals surface area (Å²) >= 11 is 2.31. The Balaban J connectivity index is -0.000000000500. The van der Waals surface area contributed by atoms with Crippen molar-refractivity contribution >= 4 is 0 Å². The molecule has 0 bridgehead atoms. The molecule has 0 fully saturated rings. The van der Waals surface area contributed by atoms with Gasteiger partial charge in [0.05, 0.1) is 0 Å². The summed E-state index contributed by atoms with van der Waals surface area (Å²) in [6.45, 7) is 0. The van der Waals surface area contributed by atoms with Crippen molar-refractivity contribution in [3.05, 3.63) is 0 Å². The maximum absolute atomic E-state index is 7.94. The summed E-state index contributed by atoms with van der Waals surface area (Å²) in [5.74, 6) is 0. The van der Waals surface area contributed by atoms with Crippen LogP contribution in [-0.4, -0.2) is 11.0 Å². The molecule has 0 spiro atoms. The smallest absolute Gasteiger partial charge is 2.00 e. The van der Waals surface area contributed by atoms with Crippen LogP contribution in [0.1, 0.15) is 0 Å². The first kappa shape index (κ1) is 83.5. The SMILES string of the molecule is O.O.[Ni].[O-2].[O]=[Co].[Zn+2]. The third kappa shape index (κ3) is 121. The van der Waals surface area contributed by atoms with Gasteiger partial charge in [-0.25, -0.2) is 0 Å². The molecule has 0 atom stereocenters. The van der Waals surface area contributed by atoms with E-state index in [1.54, 1.807) is 0 Å². The second-order valence-electron chi connectivity index (χ2n) is 0. The van der Waals surface area contributed by atoms with E-state index in [-0.39, 0.29) is 52.4 Å². The summed E-state index contributed by atoms with van der Waals surface area (Å²) in [5.41, 5.74) is 0. The topological polar surface area (TPSA) is 109 Å². The van der Waals surface area contributed by atoms with Crippen molar-refractivity contribution in [3.63, 3.8) is 0 Å². The molecular weight excluding hydrogens is 247 g/mol. The average Bonchev–Trinajstić information content (AvgIpc) is 1.00. The van der Waals surface area contributed by atoms with Crippen LogP contribution in [0.2, 0.25) is 0 Å². The van der Waals surface area contributed by atoms with Crippen LogP contribution in [0.3, 0.4) is 0 Å². The van der Waals surface area contributed by atoms with Crippen LogP contribution in [0.15, 0.2) is 0 Å². The third-order valence-electron chi connectivity index (χ3n) is 0. The molecule has 0 rings (SSSR count). The Kier molecular flexibility index (Phi) is 2040. The van der Waals surface area contributed by atoms with Gasteiger partial charge in [-0.15, -0.1) is 0 Å². The maximum atomic E-state index is 7.94. The van der Waals surface area contributed by atoms with Crippen LogP contribution in [-0.2, 0) is 61.0 Å². The first-order valence-electron chi connectivity index (χ1n) is 0.136. The van der Waals surface area contributed by atoms with Gasteiger partial charge in [0.25, 0.3) is 0 Å². The van der Waals surface area contributed by atoms with E-state index in [9.17, 15) is 0 Å². The summed E-state index contributed by atoms with van der Waals surface area (Å²) in [5, 5.41) is 0. The molecule has 0 aliphatic rings. The minimum Gasteiger partial charge on any atom is 2.00 e. The fourth-order valence-corrected chi connectivity index (χ4v) is 0. The van der Waals surface area contributed by atoms with E-state index in [1.165, 1.54) is 0 Å². The fourth-order valence-electron chi connectivity index (χ4n) is 0. The van der Waals surface area contributed by atoms with Crippen molar-refractivity contribution in [1.29, 1.82) is 0 Å². The number of hydrogen-bond acceptors (Lipinski definition) is 1. The van der Waals surface area contributed by atoms with Gasteiger partial charge in [0, 0.05) is 16.5 Å². The molecule has 0 amide bonds. The molecule has 0 aliphatic heterocycles. The summed E-state index contributed by atoms with van der Waals surface area (Å²) in [4.78, 5) is 0. The normalized spacial score (nSPS) is 0.714. The molecule has 7 heavy (non-hydrogen) atoms. The predicted molar refractivity (Wildman–Crippen MR) is 8.60 cm³/mol. The Morgan fingerprint density at radius 3 is 1.00 bits per heavy atom. The molecule has 0 aromatic heterocycles. The van der Waals surface area contributed by atoms with E-state index in [0.717, 1.165) is 0 Å². The van der Waals surface area contributed by atoms with E-state index in [4.69, 9.17) is 3.87 Å². The largest absolute Gasteiger partial charge is 2.00 e. The summed E-state index contributed by atoms with van der Waals surface area (Å²) in [6, 6.07) is 0. The molecule has 0 heterocycles. The van der Waals surface area contributed by atoms with Gasteiger partial charge in [-0.05, 0) is 0 Å². The zero-order valence-electron chi connectivity index (χ0n) is 3.17. The first-order valence-corrected chi connectivity index (χ1v) is 0.561. The second-order valence-corrected chi connectivity index (χ2v) is 0. The Morgan fingerprint density at radius 2 is 1.00 bits per heavy atom. The predicted octanol–water partition coefficient (Wildman–Crippen LogP) is -1.89. The van der Waals surface area contributed by atoms with Gasteiger partial charge >= 0.3 is 39.0 Å². The summed E-state index contributed by atoms with van der Waals surface area (Å²) in [7, 11) is 0. The van der Waals surface area contributed by atoms with E-state index in [0.29, 0.717) is 0 Å². The van der Waals surface area contributed by atoms with Crippen molar-refractivity contribution in [1.82, 2.24) is 0 Å². The molecule has 0 saturated carbocycles. The molecule has 7 heteroatoms. The van der Waals surface area contributed by atoms with E-state index >= 15 is 0 Å². The van der Waals surface area contributed by atoms with Crippen molar-refractivity contribution in [3.8, 4) is 0 Å². The number of hydrogen-bond donors (Lipinski definition) is 0. The minimum absolute atomic E-state index is 0. The van der Waals surface area contributed by atoms with Crippen LogP contribution in [0.25, 0.3) is 0 Å². The zero-order chi connectivity index (χ0) is 2.00. The van der Waals surface area contributed by atoms with Crippen molar-refractivity contribution in [2.45, 2.75) is 0 Å². The fraction of sp³-hybridized carbons (Fsp3) is 0. The Labute approximate surface area is 71.8 Å². The van der Waals surface area contributed by atoms with Gasteiger partial charge in [0.15, 0.2) is 0 Å². The quantitative estimate of drug-likeness (QED) is 0.460. The summed E-state index contributed by atoms with van der Waals surface area (Å²) < 4.78 is 7.94. The van der Waals surface area contributed by atoms with Crippen molar-refractivity contribution in [2.75, 3.05) is 0 Å². The third-order valence-corrected chi connectivity index (χ3v) is 0. The minimum atomic E-state index is 0. The number of rotatable bonds is 0. The van der Waals surface area contributed by atoms with E-state index < -0.39 is 0 Å². The second kappa shape index (κ2) is 171. The van der Waals surface area contributed by atoms with Crippen LogP contribution >= 0.6 is 0 Å². The van der Waals surface area contributed by atoms with Gasteiger partial charge in [0.1, 0.15) is 0 Å². The molecule has 4 nitrogen and oxygen atoms in total.